The van der Waals surface area contributed by atoms with Gasteiger partial charge in [-0.15, -0.1) is 0 Å². The molecule has 1 heterocycles. The molecule has 0 aliphatic heterocycles. The third-order valence-electron chi connectivity index (χ3n) is 4.47. The third kappa shape index (κ3) is 5.04. The number of carbonyl (C=O) groups is 2. The minimum atomic E-state index is -0.404. The van der Waals surface area contributed by atoms with Gasteiger partial charge in [0.15, 0.2) is 0 Å². The zero-order chi connectivity index (χ0) is 20.6. The number of benzene rings is 2. The van der Waals surface area contributed by atoms with E-state index >= 15 is 0 Å². The quantitative estimate of drug-likeness (QED) is 0.665. The Hall–Kier alpha value is -3.54. The van der Waals surface area contributed by atoms with Crippen LogP contribution in [0, 0.1) is 5.82 Å². The maximum atomic E-state index is 13.7. The first-order valence-electron chi connectivity index (χ1n) is 9.45. The van der Waals surface area contributed by atoms with E-state index in [1.807, 2.05) is 37.3 Å². The van der Waals surface area contributed by atoms with E-state index in [1.54, 1.807) is 41.3 Å². The Morgan fingerprint density at radius 1 is 0.931 bits per heavy atom. The molecule has 2 aromatic carbocycles. The van der Waals surface area contributed by atoms with Gasteiger partial charge in [-0.1, -0.05) is 42.5 Å². The molecule has 2 amide bonds. The monoisotopic (exact) mass is 391 g/mol. The van der Waals surface area contributed by atoms with Crippen molar-refractivity contribution >= 4 is 17.5 Å². The minimum Gasteiger partial charge on any atom is -0.350 e. The van der Waals surface area contributed by atoms with Crippen molar-refractivity contribution in [1.82, 2.24) is 10.3 Å². The van der Waals surface area contributed by atoms with Crippen LogP contribution in [0.4, 0.5) is 10.1 Å². The lowest BCUT2D eigenvalue weighted by atomic mass is 10.1. The molecule has 0 aliphatic rings. The smallest absolute Gasteiger partial charge is 0.276 e. The molecule has 0 saturated heterocycles. The molecule has 5 nitrogen and oxygen atoms in total. The second-order valence-electron chi connectivity index (χ2n) is 6.39. The maximum Gasteiger partial charge on any atom is 0.276 e. The lowest BCUT2D eigenvalue weighted by Gasteiger charge is -2.20. The predicted octanol–water partition coefficient (Wildman–Crippen LogP) is 3.86. The summed E-state index contributed by atoms with van der Waals surface area (Å²) in [5, 5.41) is 2.72. The fraction of sp³-hybridized carbons (Fsp3) is 0.174. The Labute approximate surface area is 169 Å². The second kappa shape index (κ2) is 9.59. The first-order valence-corrected chi connectivity index (χ1v) is 9.45. The first kappa shape index (κ1) is 20.2. The van der Waals surface area contributed by atoms with Gasteiger partial charge in [0.1, 0.15) is 17.2 Å². The van der Waals surface area contributed by atoms with Gasteiger partial charge in [0, 0.05) is 18.8 Å². The molecular formula is C23H22FN3O2. The Morgan fingerprint density at radius 3 is 2.34 bits per heavy atom. The summed E-state index contributed by atoms with van der Waals surface area (Å²) in [6.07, 6.45) is 0.370. The molecule has 3 rings (SSSR count). The molecule has 0 saturated carbocycles. The summed E-state index contributed by atoms with van der Waals surface area (Å²) in [4.78, 5) is 31.1. The van der Waals surface area contributed by atoms with Gasteiger partial charge < -0.3 is 10.2 Å². The van der Waals surface area contributed by atoms with E-state index in [1.165, 1.54) is 6.07 Å². The van der Waals surface area contributed by atoms with E-state index in [4.69, 9.17) is 0 Å². The number of nitrogens with one attached hydrogen (secondary N) is 1. The molecule has 0 unspecified atom stereocenters. The van der Waals surface area contributed by atoms with Crippen molar-refractivity contribution in [1.29, 1.82) is 0 Å². The molecule has 3 aromatic rings. The number of carbonyl (C=O) groups excluding carboxylic acids is 2. The summed E-state index contributed by atoms with van der Waals surface area (Å²) < 4.78 is 13.7. The number of nitrogens with zero attached hydrogens (tertiary/aromatic N) is 2. The molecule has 0 bridgehead atoms. The van der Waals surface area contributed by atoms with Crippen molar-refractivity contribution in [2.75, 3.05) is 18.0 Å². The van der Waals surface area contributed by atoms with E-state index < -0.39 is 5.91 Å². The largest absolute Gasteiger partial charge is 0.350 e. The summed E-state index contributed by atoms with van der Waals surface area (Å²) in [6, 6.07) is 20.5. The molecule has 1 aromatic heterocycles. The van der Waals surface area contributed by atoms with Crippen molar-refractivity contribution in [3.63, 3.8) is 0 Å². The van der Waals surface area contributed by atoms with Crippen LogP contribution in [0.3, 0.4) is 0 Å². The van der Waals surface area contributed by atoms with Crippen LogP contribution < -0.4 is 10.2 Å². The zero-order valence-corrected chi connectivity index (χ0v) is 16.1. The first-order chi connectivity index (χ1) is 14.1. The van der Waals surface area contributed by atoms with Crippen LogP contribution in [0.15, 0.2) is 72.8 Å². The molecule has 0 aliphatic carbocycles. The van der Waals surface area contributed by atoms with Crippen LogP contribution in [0.5, 0.6) is 0 Å². The van der Waals surface area contributed by atoms with Gasteiger partial charge in [-0.3, -0.25) is 9.59 Å². The number of hydrogen-bond donors (Lipinski definition) is 1. The van der Waals surface area contributed by atoms with E-state index in [0.717, 1.165) is 5.69 Å². The second-order valence-corrected chi connectivity index (χ2v) is 6.39. The molecule has 1 N–H and O–H groups in total. The number of aromatic nitrogens is 1. The molecule has 6 heteroatoms. The van der Waals surface area contributed by atoms with Crippen LogP contribution in [-0.4, -0.2) is 29.9 Å². The van der Waals surface area contributed by atoms with Gasteiger partial charge in [-0.25, -0.2) is 9.37 Å². The third-order valence-corrected chi connectivity index (χ3v) is 4.47. The van der Waals surface area contributed by atoms with Crippen molar-refractivity contribution in [2.45, 2.75) is 13.3 Å². The van der Waals surface area contributed by atoms with Gasteiger partial charge >= 0.3 is 0 Å². The standard InChI is InChI=1S/C23H22FN3O2/c1-2-27(18-10-4-3-5-11-18)23(29)21-14-8-13-20(26-21)22(28)25-16-15-17-9-6-7-12-19(17)24/h3-14H,2,15-16H2,1H3,(H,25,28). The van der Waals surface area contributed by atoms with E-state index in [2.05, 4.69) is 10.3 Å². The summed E-state index contributed by atoms with van der Waals surface area (Å²) in [7, 11) is 0. The average Bonchev–Trinajstić information content (AvgIpc) is 2.76. The maximum absolute atomic E-state index is 13.7. The van der Waals surface area contributed by atoms with Crippen LogP contribution in [0.1, 0.15) is 33.5 Å². The molecule has 0 radical (unpaired) electrons. The normalized spacial score (nSPS) is 10.4. The van der Waals surface area contributed by atoms with Crippen molar-refractivity contribution in [3.05, 3.63) is 95.6 Å². The number of hydrogen-bond acceptors (Lipinski definition) is 3. The Bertz CT molecular complexity index is 992. The van der Waals surface area contributed by atoms with Gasteiger partial charge in [0.2, 0.25) is 0 Å². The number of para-hydroxylation sites is 1. The molecular weight excluding hydrogens is 369 g/mol. The van der Waals surface area contributed by atoms with Crippen molar-refractivity contribution in [2.24, 2.45) is 0 Å². The highest BCUT2D eigenvalue weighted by Gasteiger charge is 2.19. The lowest BCUT2D eigenvalue weighted by Crippen LogP contribution is -2.32. The van der Waals surface area contributed by atoms with Crippen LogP contribution >= 0.6 is 0 Å². The molecule has 148 valence electrons. The Morgan fingerprint density at radius 2 is 1.62 bits per heavy atom. The van der Waals surface area contributed by atoms with Gasteiger partial charge in [0.05, 0.1) is 0 Å². The fourth-order valence-electron chi connectivity index (χ4n) is 2.97. The summed E-state index contributed by atoms with van der Waals surface area (Å²) in [5.74, 6) is -0.980. The molecule has 0 fully saturated rings. The van der Waals surface area contributed by atoms with E-state index in [-0.39, 0.29) is 29.7 Å². The van der Waals surface area contributed by atoms with Gasteiger partial charge in [-0.05, 0) is 49.2 Å². The number of anilines is 1. The molecule has 0 spiro atoms. The summed E-state index contributed by atoms with van der Waals surface area (Å²) >= 11 is 0. The number of rotatable bonds is 7. The molecule has 29 heavy (non-hydrogen) atoms. The van der Waals surface area contributed by atoms with E-state index in [0.29, 0.717) is 18.5 Å². The summed E-state index contributed by atoms with van der Waals surface area (Å²) in [5.41, 5.74) is 1.64. The van der Waals surface area contributed by atoms with E-state index in [9.17, 15) is 14.0 Å². The number of amides is 2. The SMILES string of the molecule is CCN(C(=O)c1cccc(C(=O)NCCc2ccccc2F)n1)c1ccccc1. The van der Waals surface area contributed by atoms with Crippen molar-refractivity contribution in [3.8, 4) is 0 Å². The minimum absolute atomic E-state index is 0.147. The zero-order valence-electron chi connectivity index (χ0n) is 16.1. The van der Waals surface area contributed by atoms with Crippen molar-refractivity contribution < 1.29 is 14.0 Å². The topological polar surface area (TPSA) is 62.3 Å². The lowest BCUT2D eigenvalue weighted by molar-refractivity contribution is 0.0948. The van der Waals surface area contributed by atoms with Gasteiger partial charge in [-0.2, -0.15) is 0 Å². The predicted molar refractivity (Wildman–Crippen MR) is 110 cm³/mol. The highest BCUT2D eigenvalue weighted by Crippen LogP contribution is 2.16. The Balaban J connectivity index is 1.67. The van der Waals surface area contributed by atoms with Crippen LogP contribution in [-0.2, 0) is 6.42 Å². The number of pyridine rings is 1. The molecule has 0 atom stereocenters. The van der Waals surface area contributed by atoms with Gasteiger partial charge in [0.25, 0.3) is 11.8 Å². The summed E-state index contributed by atoms with van der Waals surface area (Å²) in [6.45, 7) is 2.62. The highest BCUT2D eigenvalue weighted by atomic mass is 19.1. The van der Waals surface area contributed by atoms with Crippen LogP contribution in [0.25, 0.3) is 0 Å². The highest BCUT2D eigenvalue weighted by molar-refractivity contribution is 6.05. The average molecular weight is 391 g/mol. The van der Waals surface area contributed by atoms with Crippen LogP contribution in [0.2, 0.25) is 0 Å². The Kier molecular flexibility index (Phi) is 6.68. The fourth-order valence-corrected chi connectivity index (χ4v) is 2.97. The number of halogens is 1.